The third-order valence-electron chi connectivity index (χ3n) is 5.10. The summed E-state index contributed by atoms with van der Waals surface area (Å²) in [5.41, 5.74) is 2.68. The summed E-state index contributed by atoms with van der Waals surface area (Å²) < 4.78 is 5.20. The number of amides is 1. The molecule has 146 valence electrons. The van der Waals surface area contributed by atoms with Gasteiger partial charge in [-0.25, -0.2) is 0 Å². The molecule has 0 aliphatic heterocycles. The van der Waals surface area contributed by atoms with Gasteiger partial charge in [-0.1, -0.05) is 60.7 Å². The summed E-state index contributed by atoms with van der Waals surface area (Å²) >= 11 is 0. The minimum absolute atomic E-state index is 0.0788. The van der Waals surface area contributed by atoms with Gasteiger partial charge in [-0.05, 0) is 43.3 Å². The van der Waals surface area contributed by atoms with E-state index in [1.54, 1.807) is 17.0 Å². The fourth-order valence-corrected chi connectivity index (χ4v) is 3.37. The summed E-state index contributed by atoms with van der Waals surface area (Å²) in [6.07, 6.45) is 2.56. The number of carbonyl (C=O) groups is 1. The Morgan fingerprint density at radius 3 is 1.96 bits per heavy atom. The molecule has 0 unspecified atom stereocenters. The second kappa shape index (κ2) is 9.90. The molecular formula is C24H28N2O2. The molecule has 1 aromatic heterocycles. The van der Waals surface area contributed by atoms with Crippen LogP contribution in [0.4, 0.5) is 0 Å². The molecular weight excluding hydrogens is 348 g/mol. The van der Waals surface area contributed by atoms with Gasteiger partial charge in [-0.15, -0.1) is 0 Å². The molecule has 2 aromatic carbocycles. The van der Waals surface area contributed by atoms with Crippen molar-refractivity contribution in [3.8, 4) is 0 Å². The summed E-state index contributed by atoms with van der Waals surface area (Å²) in [5, 5.41) is 0. The van der Waals surface area contributed by atoms with Crippen LogP contribution in [0.5, 0.6) is 0 Å². The molecule has 0 spiro atoms. The lowest BCUT2D eigenvalue weighted by atomic mass is 9.88. The van der Waals surface area contributed by atoms with Crippen LogP contribution in [0.2, 0.25) is 0 Å². The highest BCUT2D eigenvalue weighted by atomic mass is 16.3. The SMILES string of the molecule is CN(CCC(c1ccccc1)c1ccccc1)CCN(C)C(=O)c1ccco1. The summed E-state index contributed by atoms with van der Waals surface area (Å²) in [6.45, 7) is 2.44. The molecule has 0 atom stereocenters. The molecule has 0 fully saturated rings. The summed E-state index contributed by atoms with van der Waals surface area (Å²) in [7, 11) is 3.92. The smallest absolute Gasteiger partial charge is 0.289 e. The Morgan fingerprint density at radius 1 is 0.821 bits per heavy atom. The minimum atomic E-state index is -0.0788. The Hall–Kier alpha value is -2.85. The van der Waals surface area contributed by atoms with Gasteiger partial charge in [-0.2, -0.15) is 0 Å². The van der Waals surface area contributed by atoms with Gasteiger partial charge in [0.1, 0.15) is 0 Å². The summed E-state index contributed by atoms with van der Waals surface area (Å²) in [6, 6.07) is 24.8. The largest absolute Gasteiger partial charge is 0.459 e. The maximum Gasteiger partial charge on any atom is 0.289 e. The number of furan rings is 1. The van der Waals surface area contributed by atoms with Crippen LogP contribution in [0.1, 0.15) is 34.0 Å². The van der Waals surface area contributed by atoms with Gasteiger partial charge in [0.15, 0.2) is 5.76 Å². The van der Waals surface area contributed by atoms with Gasteiger partial charge in [0.2, 0.25) is 0 Å². The lowest BCUT2D eigenvalue weighted by Crippen LogP contribution is -2.35. The van der Waals surface area contributed by atoms with E-state index in [4.69, 9.17) is 4.42 Å². The monoisotopic (exact) mass is 376 g/mol. The lowest BCUT2D eigenvalue weighted by Gasteiger charge is -2.24. The van der Waals surface area contributed by atoms with Crippen LogP contribution >= 0.6 is 0 Å². The van der Waals surface area contributed by atoms with Crippen molar-refractivity contribution in [2.75, 3.05) is 33.7 Å². The fourth-order valence-electron chi connectivity index (χ4n) is 3.37. The fraction of sp³-hybridized carbons (Fsp3) is 0.292. The average Bonchev–Trinajstić information content (AvgIpc) is 3.28. The minimum Gasteiger partial charge on any atom is -0.459 e. The zero-order valence-electron chi connectivity index (χ0n) is 16.6. The molecule has 0 N–H and O–H groups in total. The Labute approximate surface area is 167 Å². The Morgan fingerprint density at radius 2 is 1.43 bits per heavy atom. The normalized spacial score (nSPS) is 11.1. The van der Waals surface area contributed by atoms with Crippen molar-refractivity contribution in [1.29, 1.82) is 0 Å². The summed E-state index contributed by atoms with van der Waals surface area (Å²) in [5.74, 6) is 0.676. The number of hydrogen-bond donors (Lipinski definition) is 0. The zero-order valence-corrected chi connectivity index (χ0v) is 16.6. The van der Waals surface area contributed by atoms with Gasteiger partial charge in [0.05, 0.1) is 6.26 Å². The van der Waals surface area contributed by atoms with Crippen LogP contribution in [-0.4, -0.2) is 49.4 Å². The van der Waals surface area contributed by atoms with E-state index in [1.807, 2.05) is 7.05 Å². The molecule has 0 saturated carbocycles. The number of carbonyl (C=O) groups excluding carboxylic acids is 1. The van der Waals surface area contributed by atoms with Crippen LogP contribution in [0.3, 0.4) is 0 Å². The highest BCUT2D eigenvalue weighted by molar-refractivity contribution is 5.91. The predicted octanol–water partition coefficient (Wildman–Crippen LogP) is 4.51. The van der Waals surface area contributed by atoms with Gasteiger partial charge < -0.3 is 14.2 Å². The van der Waals surface area contributed by atoms with E-state index in [2.05, 4.69) is 72.6 Å². The Kier molecular flexibility index (Phi) is 7.04. The molecule has 1 heterocycles. The zero-order chi connectivity index (χ0) is 19.8. The molecule has 0 aliphatic carbocycles. The predicted molar refractivity (Wildman–Crippen MR) is 113 cm³/mol. The van der Waals surface area contributed by atoms with Crippen LogP contribution < -0.4 is 0 Å². The van der Waals surface area contributed by atoms with Gasteiger partial charge in [-0.3, -0.25) is 4.79 Å². The van der Waals surface area contributed by atoms with Crippen molar-refractivity contribution in [2.45, 2.75) is 12.3 Å². The molecule has 28 heavy (non-hydrogen) atoms. The van der Waals surface area contributed by atoms with Gasteiger partial charge in [0, 0.05) is 26.1 Å². The van der Waals surface area contributed by atoms with Crippen molar-refractivity contribution in [2.24, 2.45) is 0 Å². The number of benzene rings is 2. The molecule has 3 aromatic rings. The van der Waals surface area contributed by atoms with E-state index in [0.717, 1.165) is 19.5 Å². The molecule has 0 bridgehead atoms. The standard InChI is InChI=1S/C24H28N2O2/c1-25(17-18-26(2)24(27)23-14-9-19-28-23)16-15-22(20-10-5-3-6-11-20)21-12-7-4-8-13-21/h3-14,19,22H,15-18H2,1-2H3. The number of hydrogen-bond acceptors (Lipinski definition) is 3. The van der Waals surface area contributed by atoms with E-state index in [1.165, 1.54) is 17.4 Å². The van der Waals surface area contributed by atoms with Gasteiger partial charge >= 0.3 is 0 Å². The van der Waals surface area contributed by atoms with Crippen molar-refractivity contribution in [3.63, 3.8) is 0 Å². The molecule has 0 radical (unpaired) electrons. The number of nitrogens with zero attached hydrogens (tertiary/aromatic N) is 2. The average molecular weight is 377 g/mol. The van der Waals surface area contributed by atoms with Crippen molar-refractivity contribution < 1.29 is 9.21 Å². The summed E-state index contributed by atoms with van der Waals surface area (Å²) in [4.78, 5) is 16.3. The molecule has 0 aliphatic rings. The highest BCUT2D eigenvalue weighted by Gasteiger charge is 2.17. The van der Waals surface area contributed by atoms with Crippen LogP contribution in [-0.2, 0) is 0 Å². The topological polar surface area (TPSA) is 36.7 Å². The van der Waals surface area contributed by atoms with Crippen LogP contribution in [0.15, 0.2) is 83.5 Å². The highest BCUT2D eigenvalue weighted by Crippen LogP contribution is 2.27. The first-order valence-electron chi connectivity index (χ1n) is 9.72. The van der Waals surface area contributed by atoms with Crippen LogP contribution in [0.25, 0.3) is 0 Å². The molecule has 4 nitrogen and oxygen atoms in total. The lowest BCUT2D eigenvalue weighted by molar-refractivity contribution is 0.0751. The maximum atomic E-state index is 12.3. The van der Waals surface area contributed by atoms with Crippen LogP contribution in [0, 0.1) is 0 Å². The molecule has 3 rings (SSSR count). The maximum absolute atomic E-state index is 12.3. The van der Waals surface area contributed by atoms with E-state index in [0.29, 0.717) is 18.2 Å². The first kappa shape index (κ1) is 19.9. The molecule has 0 saturated heterocycles. The number of likely N-dealkylation sites (N-methyl/N-ethyl adjacent to an activating group) is 2. The molecule has 4 heteroatoms. The second-order valence-electron chi connectivity index (χ2n) is 7.17. The number of rotatable bonds is 9. The first-order chi connectivity index (χ1) is 13.6. The van der Waals surface area contributed by atoms with Gasteiger partial charge in [0.25, 0.3) is 5.91 Å². The van der Waals surface area contributed by atoms with Crippen molar-refractivity contribution in [1.82, 2.24) is 9.80 Å². The quantitative estimate of drug-likeness (QED) is 0.551. The molecule has 1 amide bonds. The van der Waals surface area contributed by atoms with E-state index < -0.39 is 0 Å². The van der Waals surface area contributed by atoms with Crippen molar-refractivity contribution >= 4 is 5.91 Å². The third-order valence-corrected chi connectivity index (χ3v) is 5.10. The van der Waals surface area contributed by atoms with E-state index >= 15 is 0 Å². The van der Waals surface area contributed by atoms with Crippen molar-refractivity contribution in [3.05, 3.63) is 95.9 Å². The third kappa shape index (κ3) is 5.33. The van der Waals surface area contributed by atoms with E-state index in [-0.39, 0.29) is 5.91 Å². The Bertz CT molecular complexity index is 792. The first-order valence-corrected chi connectivity index (χ1v) is 9.72. The second-order valence-corrected chi connectivity index (χ2v) is 7.17. The Balaban J connectivity index is 1.55. The van der Waals surface area contributed by atoms with E-state index in [9.17, 15) is 4.79 Å².